The van der Waals surface area contributed by atoms with Gasteiger partial charge >= 0.3 is 0 Å². The highest BCUT2D eigenvalue weighted by Gasteiger charge is 2.23. The van der Waals surface area contributed by atoms with Crippen LogP contribution in [0.4, 0.5) is 11.6 Å². The summed E-state index contributed by atoms with van der Waals surface area (Å²) < 4.78 is 0. The molecule has 0 radical (unpaired) electrons. The summed E-state index contributed by atoms with van der Waals surface area (Å²) in [6, 6.07) is 7.51. The third-order valence-corrected chi connectivity index (χ3v) is 3.89. The molecule has 3 rings (SSSR count). The molecule has 7 nitrogen and oxygen atoms in total. The first kappa shape index (κ1) is 15.2. The van der Waals surface area contributed by atoms with Crippen LogP contribution in [0, 0.1) is 0 Å². The van der Waals surface area contributed by atoms with Gasteiger partial charge in [-0.15, -0.1) is 10.2 Å². The van der Waals surface area contributed by atoms with Gasteiger partial charge in [0.1, 0.15) is 0 Å². The largest absolute Gasteiger partial charge is 0.361 e. The lowest BCUT2D eigenvalue weighted by Gasteiger charge is -2.35. The van der Waals surface area contributed by atoms with Crippen molar-refractivity contribution in [2.24, 2.45) is 0 Å². The van der Waals surface area contributed by atoms with Crippen molar-refractivity contribution in [2.75, 3.05) is 50.1 Å². The highest BCUT2D eigenvalue weighted by molar-refractivity contribution is 5.94. The van der Waals surface area contributed by atoms with E-state index in [1.807, 2.05) is 36.0 Å². The molecule has 0 aliphatic carbocycles. The number of piperazine rings is 1. The molecular weight excluding hydrogens is 292 g/mol. The van der Waals surface area contributed by atoms with Gasteiger partial charge in [-0.25, -0.2) is 0 Å². The van der Waals surface area contributed by atoms with Gasteiger partial charge in [0.15, 0.2) is 11.6 Å². The van der Waals surface area contributed by atoms with Crippen LogP contribution in [0.15, 0.2) is 36.7 Å². The Morgan fingerprint density at radius 1 is 1.09 bits per heavy atom. The summed E-state index contributed by atoms with van der Waals surface area (Å²) in [4.78, 5) is 22.3. The molecule has 0 N–H and O–H groups in total. The van der Waals surface area contributed by atoms with Gasteiger partial charge in [0.05, 0.1) is 5.56 Å². The van der Waals surface area contributed by atoms with Crippen LogP contribution in [-0.4, -0.2) is 66.3 Å². The lowest BCUT2D eigenvalue weighted by molar-refractivity contribution is 0.0746. The van der Waals surface area contributed by atoms with Gasteiger partial charge in [-0.3, -0.25) is 9.78 Å². The zero-order valence-electron chi connectivity index (χ0n) is 13.4. The van der Waals surface area contributed by atoms with E-state index in [4.69, 9.17) is 0 Å². The van der Waals surface area contributed by atoms with Crippen molar-refractivity contribution in [1.29, 1.82) is 0 Å². The van der Waals surface area contributed by atoms with E-state index in [1.165, 1.54) is 0 Å². The molecule has 0 bridgehead atoms. The molecule has 0 unspecified atom stereocenters. The number of carbonyl (C=O) groups is 1. The minimum absolute atomic E-state index is 0.0341. The molecule has 23 heavy (non-hydrogen) atoms. The normalized spacial score (nSPS) is 14.7. The van der Waals surface area contributed by atoms with Gasteiger partial charge in [-0.1, -0.05) is 0 Å². The van der Waals surface area contributed by atoms with Crippen LogP contribution in [0.2, 0.25) is 0 Å². The highest BCUT2D eigenvalue weighted by Crippen LogP contribution is 2.16. The first-order valence-electron chi connectivity index (χ1n) is 7.60. The van der Waals surface area contributed by atoms with Crippen LogP contribution in [0.3, 0.4) is 0 Å². The lowest BCUT2D eigenvalue weighted by Crippen LogP contribution is -2.49. The maximum absolute atomic E-state index is 12.4. The van der Waals surface area contributed by atoms with E-state index in [-0.39, 0.29) is 5.91 Å². The maximum Gasteiger partial charge on any atom is 0.255 e. The zero-order valence-corrected chi connectivity index (χ0v) is 13.4. The number of anilines is 2. The molecule has 0 saturated carbocycles. The fourth-order valence-corrected chi connectivity index (χ4v) is 2.54. The summed E-state index contributed by atoms with van der Waals surface area (Å²) in [5, 5.41) is 8.47. The maximum atomic E-state index is 12.4. The standard InChI is InChI=1S/C16H20N6O/c1-20(2)14-5-6-15(19-18-14)21-8-10-22(11-9-21)16(23)13-4-3-7-17-12-13/h3-7,12H,8-11H2,1-2H3. The molecule has 1 aliphatic rings. The van der Waals surface area contributed by atoms with Crippen molar-refractivity contribution < 1.29 is 4.79 Å². The number of nitrogens with zero attached hydrogens (tertiary/aromatic N) is 6. The van der Waals surface area contributed by atoms with Crippen molar-refractivity contribution in [3.8, 4) is 0 Å². The van der Waals surface area contributed by atoms with E-state index in [1.54, 1.807) is 24.5 Å². The van der Waals surface area contributed by atoms with E-state index in [0.29, 0.717) is 18.7 Å². The minimum atomic E-state index is 0.0341. The van der Waals surface area contributed by atoms with Gasteiger partial charge < -0.3 is 14.7 Å². The molecule has 120 valence electrons. The predicted octanol–water partition coefficient (Wildman–Crippen LogP) is 0.900. The molecule has 7 heteroatoms. The summed E-state index contributed by atoms with van der Waals surface area (Å²) in [7, 11) is 3.87. The SMILES string of the molecule is CN(C)c1ccc(N2CCN(C(=O)c3cccnc3)CC2)nn1. The van der Waals surface area contributed by atoms with Crippen molar-refractivity contribution in [3.63, 3.8) is 0 Å². The van der Waals surface area contributed by atoms with Crippen molar-refractivity contribution in [1.82, 2.24) is 20.1 Å². The Labute approximate surface area is 135 Å². The third kappa shape index (κ3) is 3.39. The van der Waals surface area contributed by atoms with E-state index >= 15 is 0 Å². The molecule has 3 heterocycles. The number of aromatic nitrogens is 3. The lowest BCUT2D eigenvalue weighted by atomic mass is 10.2. The molecule has 0 aromatic carbocycles. The van der Waals surface area contributed by atoms with E-state index in [2.05, 4.69) is 20.1 Å². The molecule has 1 fully saturated rings. The average Bonchev–Trinajstić information content (AvgIpc) is 2.62. The second-order valence-corrected chi connectivity index (χ2v) is 5.67. The number of hydrogen-bond acceptors (Lipinski definition) is 6. The summed E-state index contributed by atoms with van der Waals surface area (Å²) >= 11 is 0. The Balaban J connectivity index is 1.61. The van der Waals surface area contributed by atoms with Gasteiger partial charge in [-0.05, 0) is 24.3 Å². The average molecular weight is 312 g/mol. The third-order valence-electron chi connectivity index (χ3n) is 3.89. The quantitative estimate of drug-likeness (QED) is 0.839. The Morgan fingerprint density at radius 2 is 1.87 bits per heavy atom. The topological polar surface area (TPSA) is 65.5 Å². The Hall–Kier alpha value is -2.70. The number of hydrogen-bond donors (Lipinski definition) is 0. The summed E-state index contributed by atoms with van der Waals surface area (Å²) in [5.74, 6) is 1.72. The van der Waals surface area contributed by atoms with Crippen molar-refractivity contribution in [2.45, 2.75) is 0 Å². The van der Waals surface area contributed by atoms with E-state index in [0.717, 1.165) is 24.7 Å². The minimum Gasteiger partial charge on any atom is -0.361 e. The summed E-state index contributed by atoms with van der Waals surface area (Å²) in [6.07, 6.45) is 3.28. The highest BCUT2D eigenvalue weighted by atomic mass is 16.2. The predicted molar refractivity (Wildman–Crippen MR) is 88.7 cm³/mol. The van der Waals surface area contributed by atoms with Crippen LogP contribution >= 0.6 is 0 Å². The first-order valence-corrected chi connectivity index (χ1v) is 7.60. The second-order valence-electron chi connectivity index (χ2n) is 5.67. The molecular formula is C16H20N6O. The molecule has 1 saturated heterocycles. The zero-order chi connectivity index (χ0) is 16.2. The molecule has 1 amide bonds. The van der Waals surface area contributed by atoms with Crippen molar-refractivity contribution >= 4 is 17.5 Å². The molecule has 2 aromatic heterocycles. The second kappa shape index (κ2) is 6.60. The number of rotatable bonds is 3. The number of carbonyl (C=O) groups excluding carboxylic acids is 1. The van der Waals surface area contributed by atoms with Gasteiger partial charge in [0, 0.05) is 52.7 Å². The monoisotopic (exact) mass is 312 g/mol. The first-order chi connectivity index (χ1) is 11.1. The van der Waals surface area contributed by atoms with Crippen LogP contribution in [0.5, 0.6) is 0 Å². The van der Waals surface area contributed by atoms with E-state index in [9.17, 15) is 4.79 Å². The van der Waals surface area contributed by atoms with E-state index < -0.39 is 0 Å². The number of pyridine rings is 1. The van der Waals surface area contributed by atoms with Crippen molar-refractivity contribution in [3.05, 3.63) is 42.2 Å². The Bertz CT molecular complexity index is 650. The molecule has 0 atom stereocenters. The van der Waals surface area contributed by atoms with Crippen LogP contribution in [-0.2, 0) is 0 Å². The number of amides is 1. The summed E-state index contributed by atoms with van der Waals surface area (Å²) in [6.45, 7) is 2.85. The fraction of sp³-hybridized carbons (Fsp3) is 0.375. The Kier molecular flexibility index (Phi) is 4.36. The molecule has 0 spiro atoms. The molecule has 2 aromatic rings. The van der Waals surface area contributed by atoms with Crippen LogP contribution in [0.1, 0.15) is 10.4 Å². The van der Waals surface area contributed by atoms with Gasteiger partial charge in [-0.2, -0.15) is 0 Å². The summed E-state index contributed by atoms with van der Waals surface area (Å²) in [5.41, 5.74) is 0.635. The van der Waals surface area contributed by atoms with Gasteiger partial charge in [0.2, 0.25) is 0 Å². The smallest absolute Gasteiger partial charge is 0.255 e. The van der Waals surface area contributed by atoms with Gasteiger partial charge in [0.25, 0.3) is 5.91 Å². The van der Waals surface area contributed by atoms with Crippen LogP contribution < -0.4 is 9.80 Å². The Morgan fingerprint density at radius 3 is 2.43 bits per heavy atom. The fourth-order valence-electron chi connectivity index (χ4n) is 2.54. The van der Waals surface area contributed by atoms with Crippen LogP contribution in [0.25, 0.3) is 0 Å². The molecule has 1 aliphatic heterocycles.